The van der Waals surface area contributed by atoms with Crippen LogP contribution in [0.1, 0.15) is 44.9 Å². The lowest BCUT2D eigenvalue weighted by Crippen LogP contribution is -2.34. The third kappa shape index (κ3) is 3.53. The number of carbonyl (C=O) groups is 4. The summed E-state index contributed by atoms with van der Waals surface area (Å²) in [4.78, 5) is 52.2. The van der Waals surface area contributed by atoms with Crippen molar-refractivity contribution in [2.24, 2.45) is 11.8 Å². The summed E-state index contributed by atoms with van der Waals surface area (Å²) in [6.07, 6.45) is 5.00. The predicted octanol–water partition coefficient (Wildman–Crippen LogP) is 2.32. The zero-order chi connectivity index (χ0) is 19.7. The van der Waals surface area contributed by atoms with E-state index in [2.05, 4.69) is 5.32 Å². The molecule has 0 aromatic heterocycles. The number of benzene rings is 1. The molecular weight excluding hydrogens is 358 g/mol. The van der Waals surface area contributed by atoms with Gasteiger partial charge >= 0.3 is 0 Å². The number of amides is 4. The highest BCUT2D eigenvalue weighted by molar-refractivity contribution is 6.05. The molecule has 0 unspecified atom stereocenters. The summed E-state index contributed by atoms with van der Waals surface area (Å²) in [5, 5.41) is 2.81. The molecule has 4 rings (SSSR count). The number of nitrogens with zero attached hydrogens (tertiary/aromatic N) is 2. The highest BCUT2D eigenvalue weighted by Gasteiger charge is 2.47. The van der Waals surface area contributed by atoms with Gasteiger partial charge in [-0.05, 0) is 37.5 Å². The van der Waals surface area contributed by atoms with Crippen LogP contribution in [0.3, 0.4) is 0 Å². The van der Waals surface area contributed by atoms with Gasteiger partial charge in [-0.25, -0.2) is 0 Å². The van der Waals surface area contributed by atoms with Crippen molar-refractivity contribution in [1.29, 1.82) is 0 Å². The summed E-state index contributed by atoms with van der Waals surface area (Å²) in [6, 6.07) is 7.20. The maximum absolute atomic E-state index is 12.5. The van der Waals surface area contributed by atoms with E-state index in [0.717, 1.165) is 37.8 Å². The Hall–Kier alpha value is -2.70. The van der Waals surface area contributed by atoms with Gasteiger partial charge in [-0.2, -0.15) is 0 Å². The third-order valence-corrected chi connectivity index (χ3v) is 6.01. The Morgan fingerprint density at radius 2 is 1.75 bits per heavy atom. The van der Waals surface area contributed by atoms with Crippen LogP contribution in [0.2, 0.25) is 0 Å². The molecule has 4 amide bonds. The molecule has 2 saturated heterocycles. The Labute approximate surface area is 164 Å². The van der Waals surface area contributed by atoms with Crippen LogP contribution in [0, 0.1) is 11.8 Å². The quantitative estimate of drug-likeness (QED) is 0.791. The maximum atomic E-state index is 12.5. The topological polar surface area (TPSA) is 86.8 Å². The fraction of sp³-hybridized carbons (Fsp3) is 0.524. The fourth-order valence-electron chi connectivity index (χ4n) is 4.56. The summed E-state index contributed by atoms with van der Waals surface area (Å²) in [6.45, 7) is 0.818. The zero-order valence-corrected chi connectivity index (χ0v) is 15.9. The number of rotatable bonds is 5. The molecule has 3 fully saturated rings. The number of hydrogen-bond donors (Lipinski definition) is 1. The molecule has 0 radical (unpaired) electrons. The van der Waals surface area contributed by atoms with Crippen molar-refractivity contribution in [3.63, 3.8) is 0 Å². The molecule has 0 bridgehead atoms. The molecular formula is C21H25N3O4. The Bertz CT molecular complexity index is 798. The van der Waals surface area contributed by atoms with Gasteiger partial charge in [0, 0.05) is 37.3 Å². The molecule has 2 heterocycles. The van der Waals surface area contributed by atoms with Gasteiger partial charge in [0.2, 0.25) is 23.6 Å². The standard InChI is InChI=1S/C21H25N3O4/c25-18(10-12-24-20(27)16-7-1-2-8-17(16)21(24)28)22-14-5-3-6-15(13-14)23-11-4-9-19(23)26/h3,5-6,13,16-17H,1-2,4,7-12H2,(H,22,25)/t16-,17-/m1/s1. The minimum Gasteiger partial charge on any atom is -0.326 e. The number of anilines is 2. The van der Waals surface area contributed by atoms with Crippen LogP contribution in [-0.4, -0.2) is 41.6 Å². The van der Waals surface area contributed by atoms with Crippen LogP contribution in [0.15, 0.2) is 24.3 Å². The number of hydrogen-bond acceptors (Lipinski definition) is 4. The SMILES string of the molecule is O=C(CCN1C(=O)[C@@H]2CCCC[C@H]2C1=O)Nc1cccc(N2CCCC2=O)c1. The maximum Gasteiger partial charge on any atom is 0.233 e. The van der Waals surface area contributed by atoms with Crippen LogP contribution in [0.4, 0.5) is 11.4 Å². The van der Waals surface area contributed by atoms with Crippen LogP contribution >= 0.6 is 0 Å². The van der Waals surface area contributed by atoms with E-state index < -0.39 is 0 Å². The van der Waals surface area contributed by atoms with Crippen molar-refractivity contribution in [2.75, 3.05) is 23.3 Å². The number of likely N-dealkylation sites (tertiary alicyclic amines) is 1. The van der Waals surface area contributed by atoms with Crippen LogP contribution < -0.4 is 10.2 Å². The number of carbonyl (C=O) groups excluding carboxylic acids is 4. The molecule has 2 atom stereocenters. The molecule has 7 heteroatoms. The second kappa shape index (κ2) is 7.73. The molecule has 1 aromatic carbocycles. The minimum atomic E-state index is -0.250. The summed E-state index contributed by atoms with van der Waals surface area (Å²) in [5.41, 5.74) is 1.38. The third-order valence-electron chi connectivity index (χ3n) is 6.01. The summed E-state index contributed by atoms with van der Waals surface area (Å²) >= 11 is 0. The van der Waals surface area contributed by atoms with E-state index in [0.29, 0.717) is 18.7 Å². The van der Waals surface area contributed by atoms with E-state index in [1.54, 1.807) is 23.1 Å². The zero-order valence-electron chi connectivity index (χ0n) is 15.9. The van der Waals surface area contributed by atoms with E-state index >= 15 is 0 Å². The van der Waals surface area contributed by atoms with E-state index in [1.807, 2.05) is 6.07 Å². The summed E-state index contributed by atoms with van der Waals surface area (Å²) in [5.74, 6) is -0.747. The molecule has 1 N–H and O–H groups in total. The molecule has 1 aromatic rings. The van der Waals surface area contributed by atoms with Gasteiger partial charge in [-0.1, -0.05) is 18.9 Å². The van der Waals surface area contributed by atoms with Gasteiger partial charge in [0.25, 0.3) is 0 Å². The first-order valence-electron chi connectivity index (χ1n) is 10.1. The van der Waals surface area contributed by atoms with Crippen molar-refractivity contribution < 1.29 is 19.2 Å². The first-order valence-corrected chi connectivity index (χ1v) is 10.1. The van der Waals surface area contributed by atoms with E-state index in [-0.39, 0.29) is 48.4 Å². The number of nitrogens with one attached hydrogen (secondary N) is 1. The van der Waals surface area contributed by atoms with Crippen molar-refractivity contribution in [1.82, 2.24) is 4.90 Å². The predicted molar refractivity (Wildman–Crippen MR) is 103 cm³/mol. The highest BCUT2D eigenvalue weighted by Crippen LogP contribution is 2.38. The van der Waals surface area contributed by atoms with Crippen molar-refractivity contribution >= 4 is 35.0 Å². The van der Waals surface area contributed by atoms with Crippen LogP contribution in [0.5, 0.6) is 0 Å². The van der Waals surface area contributed by atoms with Crippen molar-refractivity contribution in [3.05, 3.63) is 24.3 Å². The van der Waals surface area contributed by atoms with Gasteiger partial charge in [-0.3, -0.25) is 24.1 Å². The molecule has 0 spiro atoms. The van der Waals surface area contributed by atoms with Gasteiger partial charge in [-0.15, -0.1) is 0 Å². The molecule has 1 aliphatic carbocycles. The lowest BCUT2D eigenvalue weighted by molar-refractivity contribution is -0.140. The summed E-state index contributed by atoms with van der Waals surface area (Å²) < 4.78 is 0. The fourth-order valence-corrected chi connectivity index (χ4v) is 4.56. The molecule has 2 aliphatic heterocycles. The van der Waals surface area contributed by atoms with Crippen molar-refractivity contribution in [3.8, 4) is 0 Å². The lowest BCUT2D eigenvalue weighted by Gasteiger charge is -2.19. The van der Waals surface area contributed by atoms with Crippen LogP contribution in [0.25, 0.3) is 0 Å². The smallest absolute Gasteiger partial charge is 0.233 e. The number of imide groups is 1. The molecule has 7 nitrogen and oxygen atoms in total. The lowest BCUT2D eigenvalue weighted by atomic mass is 9.81. The Morgan fingerprint density at radius 1 is 1.04 bits per heavy atom. The highest BCUT2D eigenvalue weighted by atomic mass is 16.2. The Morgan fingerprint density at radius 3 is 2.39 bits per heavy atom. The molecule has 28 heavy (non-hydrogen) atoms. The van der Waals surface area contributed by atoms with E-state index in [9.17, 15) is 19.2 Å². The minimum absolute atomic E-state index is 0.0732. The average molecular weight is 383 g/mol. The van der Waals surface area contributed by atoms with Gasteiger partial charge in [0.05, 0.1) is 11.8 Å². The Balaban J connectivity index is 1.34. The van der Waals surface area contributed by atoms with Crippen molar-refractivity contribution in [2.45, 2.75) is 44.9 Å². The van der Waals surface area contributed by atoms with E-state index in [4.69, 9.17) is 0 Å². The first-order chi connectivity index (χ1) is 13.5. The summed E-state index contributed by atoms with van der Waals surface area (Å²) in [7, 11) is 0. The number of fused-ring (bicyclic) bond motifs is 1. The van der Waals surface area contributed by atoms with E-state index in [1.165, 1.54) is 4.90 Å². The largest absolute Gasteiger partial charge is 0.326 e. The molecule has 3 aliphatic rings. The van der Waals surface area contributed by atoms with Gasteiger partial charge < -0.3 is 10.2 Å². The average Bonchev–Trinajstić information content (AvgIpc) is 3.23. The second-order valence-corrected chi connectivity index (χ2v) is 7.82. The Kier molecular flexibility index (Phi) is 5.15. The normalized spacial score (nSPS) is 24.6. The van der Waals surface area contributed by atoms with Gasteiger partial charge in [0.15, 0.2) is 0 Å². The molecule has 1 saturated carbocycles. The second-order valence-electron chi connectivity index (χ2n) is 7.82. The van der Waals surface area contributed by atoms with Crippen LogP contribution in [-0.2, 0) is 19.2 Å². The molecule has 148 valence electrons. The first kappa shape index (κ1) is 18.7. The van der Waals surface area contributed by atoms with Gasteiger partial charge in [0.1, 0.15) is 0 Å². The monoisotopic (exact) mass is 383 g/mol.